The van der Waals surface area contributed by atoms with E-state index in [2.05, 4.69) is 22.1 Å². The Morgan fingerprint density at radius 2 is 2.00 bits per heavy atom. The number of nitrogens with one attached hydrogen (secondary N) is 1. The summed E-state index contributed by atoms with van der Waals surface area (Å²) in [5.74, 6) is 5.85. The Bertz CT molecular complexity index is 681. The molecular formula is C17H17N3O. The molecule has 0 aliphatic heterocycles. The minimum absolute atomic E-state index is 0.102. The minimum Gasteiger partial charge on any atom is -0.399 e. The van der Waals surface area contributed by atoms with E-state index < -0.39 is 0 Å². The van der Waals surface area contributed by atoms with Crippen molar-refractivity contribution >= 4 is 11.6 Å². The molecule has 0 unspecified atom stereocenters. The van der Waals surface area contributed by atoms with Crippen molar-refractivity contribution in [1.29, 1.82) is 0 Å². The predicted molar refractivity (Wildman–Crippen MR) is 83.7 cm³/mol. The van der Waals surface area contributed by atoms with Gasteiger partial charge in [-0.15, -0.1) is 0 Å². The van der Waals surface area contributed by atoms with Gasteiger partial charge in [0.1, 0.15) is 5.69 Å². The van der Waals surface area contributed by atoms with E-state index in [0.717, 1.165) is 12.0 Å². The second-order valence-electron chi connectivity index (χ2n) is 4.56. The van der Waals surface area contributed by atoms with Gasteiger partial charge in [-0.3, -0.25) is 4.79 Å². The van der Waals surface area contributed by atoms with Crippen LogP contribution in [0.3, 0.4) is 0 Å². The first-order valence-electron chi connectivity index (χ1n) is 6.81. The zero-order chi connectivity index (χ0) is 15.1. The summed E-state index contributed by atoms with van der Waals surface area (Å²) in [6.07, 6.45) is 2.49. The summed E-state index contributed by atoms with van der Waals surface area (Å²) < 4.78 is 0. The van der Waals surface area contributed by atoms with Gasteiger partial charge in [0.15, 0.2) is 0 Å². The second-order valence-corrected chi connectivity index (χ2v) is 4.56. The largest absolute Gasteiger partial charge is 0.399 e. The van der Waals surface area contributed by atoms with Gasteiger partial charge >= 0.3 is 0 Å². The van der Waals surface area contributed by atoms with Crippen LogP contribution in [0.15, 0.2) is 42.6 Å². The number of carbonyl (C=O) groups excluding carboxylic acids is 1. The Hall–Kier alpha value is -2.80. The SMILES string of the molecule is CCCNC(=O)c1ccnc(C#Cc2ccc(N)cc2)c1. The number of aromatic nitrogens is 1. The zero-order valence-electron chi connectivity index (χ0n) is 11.9. The Kier molecular flexibility index (Phi) is 4.94. The number of hydrogen-bond acceptors (Lipinski definition) is 3. The molecule has 0 bridgehead atoms. The van der Waals surface area contributed by atoms with E-state index in [1.165, 1.54) is 0 Å². The monoisotopic (exact) mass is 279 g/mol. The van der Waals surface area contributed by atoms with Gasteiger partial charge in [-0.1, -0.05) is 12.8 Å². The number of hydrogen-bond donors (Lipinski definition) is 2. The Labute approximate surface area is 124 Å². The predicted octanol–water partition coefficient (Wildman–Crippen LogP) is 2.20. The van der Waals surface area contributed by atoms with Gasteiger partial charge in [-0.2, -0.15) is 0 Å². The van der Waals surface area contributed by atoms with Crippen molar-refractivity contribution in [2.75, 3.05) is 12.3 Å². The van der Waals surface area contributed by atoms with Gasteiger partial charge in [-0.25, -0.2) is 4.98 Å². The van der Waals surface area contributed by atoms with E-state index in [1.807, 2.05) is 19.1 Å². The van der Waals surface area contributed by atoms with Crippen LogP contribution in [0.5, 0.6) is 0 Å². The normalized spacial score (nSPS) is 9.57. The fraction of sp³-hybridized carbons (Fsp3) is 0.176. The van der Waals surface area contributed by atoms with Crippen LogP contribution in [0.2, 0.25) is 0 Å². The summed E-state index contributed by atoms with van der Waals surface area (Å²) >= 11 is 0. The van der Waals surface area contributed by atoms with Gasteiger partial charge < -0.3 is 11.1 Å². The van der Waals surface area contributed by atoms with Crippen molar-refractivity contribution in [1.82, 2.24) is 10.3 Å². The molecule has 0 fully saturated rings. The molecule has 1 heterocycles. The Morgan fingerprint density at radius 1 is 1.24 bits per heavy atom. The molecule has 21 heavy (non-hydrogen) atoms. The third-order valence-corrected chi connectivity index (χ3v) is 2.80. The molecule has 3 N–H and O–H groups in total. The second kappa shape index (κ2) is 7.11. The topological polar surface area (TPSA) is 68.0 Å². The lowest BCUT2D eigenvalue weighted by molar-refractivity contribution is 0.0953. The molecule has 0 saturated carbocycles. The molecular weight excluding hydrogens is 262 g/mol. The summed E-state index contributed by atoms with van der Waals surface area (Å²) in [6.45, 7) is 2.67. The van der Waals surface area contributed by atoms with Crippen LogP contribution in [0.4, 0.5) is 5.69 Å². The molecule has 4 nitrogen and oxygen atoms in total. The highest BCUT2D eigenvalue weighted by molar-refractivity contribution is 5.94. The van der Waals surface area contributed by atoms with E-state index in [0.29, 0.717) is 23.5 Å². The maximum absolute atomic E-state index is 11.9. The van der Waals surface area contributed by atoms with Crippen molar-refractivity contribution in [3.8, 4) is 11.8 Å². The first-order chi connectivity index (χ1) is 10.2. The first kappa shape index (κ1) is 14.6. The molecule has 0 spiro atoms. The minimum atomic E-state index is -0.102. The van der Waals surface area contributed by atoms with Crippen molar-refractivity contribution in [3.05, 3.63) is 59.4 Å². The molecule has 4 heteroatoms. The number of nitrogens with zero attached hydrogens (tertiary/aromatic N) is 1. The van der Waals surface area contributed by atoms with Crippen LogP contribution in [0.25, 0.3) is 0 Å². The standard InChI is InChI=1S/C17H17N3O/c1-2-10-20-17(21)14-9-11-19-16(12-14)8-5-13-3-6-15(18)7-4-13/h3-4,6-7,9,11-12H,2,10,18H2,1H3,(H,20,21). The molecule has 2 aromatic rings. The fourth-order valence-corrected chi connectivity index (χ4v) is 1.68. The summed E-state index contributed by atoms with van der Waals surface area (Å²) in [7, 11) is 0. The van der Waals surface area contributed by atoms with Gasteiger partial charge in [0.2, 0.25) is 0 Å². The van der Waals surface area contributed by atoms with Crippen molar-refractivity contribution in [2.45, 2.75) is 13.3 Å². The highest BCUT2D eigenvalue weighted by atomic mass is 16.1. The van der Waals surface area contributed by atoms with Crippen LogP contribution >= 0.6 is 0 Å². The Morgan fingerprint density at radius 3 is 2.71 bits per heavy atom. The number of nitrogen functional groups attached to an aromatic ring is 1. The molecule has 0 atom stereocenters. The molecule has 2 rings (SSSR count). The average Bonchev–Trinajstić information content (AvgIpc) is 2.52. The third-order valence-electron chi connectivity index (χ3n) is 2.80. The molecule has 0 saturated heterocycles. The van der Waals surface area contributed by atoms with Crippen LogP contribution in [0, 0.1) is 11.8 Å². The summed E-state index contributed by atoms with van der Waals surface area (Å²) in [4.78, 5) is 16.0. The first-order valence-corrected chi connectivity index (χ1v) is 6.81. The number of benzene rings is 1. The number of carbonyl (C=O) groups is 1. The number of rotatable bonds is 3. The van der Waals surface area contributed by atoms with Gasteiger partial charge in [0.25, 0.3) is 5.91 Å². The molecule has 0 aliphatic rings. The summed E-state index contributed by atoms with van der Waals surface area (Å²) in [5.41, 5.74) is 8.31. The van der Waals surface area contributed by atoms with E-state index in [-0.39, 0.29) is 5.91 Å². The zero-order valence-corrected chi connectivity index (χ0v) is 11.9. The molecule has 106 valence electrons. The maximum Gasteiger partial charge on any atom is 0.251 e. The van der Waals surface area contributed by atoms with Crippen LogP contribution in [-0.4, -0.2) is 17.4 Å². The van der Waals surface area contributed by atoms with E-state index in [9.17, 15) is 4.79 Å². The van der Waals surface area contributed by atoms with E-state index >= 15 is 0 Å². The number of nitrogens with two attached hydrogens (primary N) is 1. The molecule has 0 aliphatic carbocycles. The maximum atomic E-state index is 11.9. The highest BCUT2D eigenvalue weighted by Crippen LogP contribution is 2.05. The van der Waals surface area contributed by atoms with Gasteiger partial charge in [-0.05, 0) is 48.7 Å². The number of amides is 1. The van der Waals surface area contributed by atoms with Crippen molar-refractivity contribution < 1.29 is 4.79 Å². The molecule has 1 aromatic heterocycles. The van der Waals surface area contributed by atoms with Crippen molar-refractivity contribution in [3.63, 3.8) is 0 Å². The highest BCUT2D eigenvalue weighted by Gasteiger charge is 2.04. The Balaban J connectivity index is 2.15. The number of pyridine rings is 1. The average molecular weight is 279 g/mol. The molecule has 1 amide bonds. The van der Waals surface area contributed by atoms with E-state index in [4.69, 9.17) is 5.73 Å². The smallest absolute Gasteiger partial charge is 0.251 e. The lowest BCUT2D eigenvalue weighted by Gasteiger charge is -2.02. The lowest BCUT2D eigenvalue weighted by atomic mass is 10.2. The molecule has 1 aromatic carbocycles. The van der Waals surface area contributed by atoms with Crippen LogP contribution in [0.1, 0.15) is 35.0 Å². The quantitative estimate of drug-likeness (QED) is 0.668. The van der Waals surface area contributed by atoms with E-state index in [1.54, 1.807) is 30.5 Å². The summed E-state index contributed by atoms with van der Waals surface area (Å²) in [5, 5.41) is 2.83. The van der Waals surface area contributed by atoms with Crippen molar-refractivity contribution in [2.24, 2.45) is 0 Å². The lowest BCUT2D eigenvalue weighted by Crippen LogP contribution is -2.24. The summed E-state index contributed by atoms with van der Waals surface area (Å²) in [6, 6.07) is 10.7. The molecule has 0 radical (unpaired) electrons. The number of anilines is 1. The van der Waals surface area contributed by atoms with Gasteiger partial charge in [0, 0.05) is 29.6 Å². The van der Waals surface area contributed by atoms with Crippen LogP contribution < -0.4 is 11.1 Å². The fourth-order valence-electron chi connectivity index (χ4n) is 1.68. The van der Waals surface area contributed by atoms with Gasteiger partial charge in [0.05, 0.1) is 0 Å². The third kappa shape index (κ3) is 4.36. The van der Waals surface area contributed by atoms with Crippen LogP contribution in [-0.2, 0) is 0 Å².